The van der Waals surface area contributed by atoms with E-state index >= 15 is 0 Å². The Morgan fingerprint density at radius 3 is 2.40 bits per heavy atom. The highest BCUT2D eigenvalue weighted by Crippen LogP contribution is 2.39. The predicted octanol–water partition coefficient (Wildman–Crippen LogP) is 3.07. The fourth-order valence-electron chi connectivity index (χ4n) is 1.49. The lowest BCUT2D eigenvalue weighted by atomic mass is 10.2. The van der Waals surface area contributed by atoms with Gasteiger partial charge in [0.15, 0.2) is 0 Å². The molecule has 0 aliphatic heterocycles. The second-order valence-corrected chi connectivity index (χ2v) is 7.26. The fourth-order valence-corrected chi connectivity index (χ4v) is 2.87. The Balaban J connectivity index is 2.53. The zero-order valence-corrected chi connectivity index (χ0v) is 13.2. The van der Waals surface area contributed by atoms with E-state index in [1.807, 2.05) is 19.9 Å². The normalized spacial score (nSPS) is 15.4. The summed E-state index contributed by atoms with van der Waals surface area (Å²) in [7, 11) is -3.12. The van der Waals surface area contributed by atoms with Gasteiger partial charge in [0.2, 0.25) is 0 Å². The van der Waals surface area contributed by atoms with Gasteiger partial charge < -0.3 is 9.26 Å². The summed E-state index contributed by atoms with van der Waals surface area (Å²) < 4.78 is 22.8. The highest BCUT2D eigenvalue weighted by molar-refractivity contribution is 7.56. The maximum absolute atomic E-state index is 12.3. The molecule has 0 saturated carbocycles. The number of carbonyl (C=O) groups is 1. The number of benzene rings is 1. The van der Waals surface area contributed by atoms with Crippen LogP contribution in [-0.4, -0.2) is 25.3 Å². The van der Waals surface area contributed by atoms with Gasteiger partial charge in [-0.1, -0.05) is 32.0 Å². The molecular formula is C14H22NO4P. The lowest BCUT2D eigenvalue weighted by molar-refractivity contribution is -0.146. The first-order chi connectivity index (χ1) is 9.30. The van der Waals surface area contributed by atoms with Crippen LogP contribution in [0.5, 0.6) is 5.75 Å². The summed E-state index contributed by atoms with van der Waals surface area (Å²) in [5, 5.41) is 2.69. The Kier molecular flexibility index (Phi) is 6.24. The zero-order chi connectivity index (χ0) is 15.2. The van der Waals surface area contributed by atoms with Crippen molar-refractivity contribution in [2.24, 2.45) is 5.92 Å². The van der Waals surface area contributed by atoms with Crippen molar-refractivity contribution in [1.82, 2.24) is 5.09 Å². The van der Waals surface area contributed by atoms with Crippen LogP contribution < -0.4 is 9.61 Å². The van der Waals surface area contributed by atoms with Crippen molar-refractivity contribution in [3.05, 3.63) is 30.3 Å². The molecule has 1 N–H and O–H groups in total. The molecule has 0 aliphatic rings. The average molecular weight is 299 g/mol. The minimum absolute atomic E-state index is 0.264. The first kappa shape index (κ1) is 16.7. The van der Waals surface area contributed by atoms with Crippen LogP contribution >= 0.6 is 7.52 Å². The molecule has 0 spiro atoms. The largest absolute Gasteiger partial charge is 0.464 e. The number of nitrogens with one attached hydrogen (secondary N) is 1. The van der Waals surface area contributed by atoms with Crippen LogP contribution in [0, 0.1) is 5.92 Å². The van der Waals surface area contributed by atoms with Crippen LogP contribution in [0.25, 0.3) is 0 Å². The third-order valence-corrected chi connectivity index (χ3v) is 3.78. The number of ether oxygens (including phenoxy) is 1. The molecule has 1 unspecified atom stereocenters. The second-order valence-electron chi connectivity index (χ2n) is 5.12. The molecule has 0 heterocycles. The summed E-state index contributed by atoms with van der Waals surface area (Å²) in [6.07, 6.45) is 0. The molecule has 0 aliphatic carbocycles. The van der Waals surface area contributed by atoms with Gasteiger partial charge in [0.05, 0.1) is 6.61 Å². The van der Waals surface area contributed by atoms with Crippen molar-refractivity contribution in [3.63, 3.8) is 0 Å². The highest BCUT2D eigenvalue weighted by Gasteiger charge is 2.25. The first-order valence-electron chi connectivity index (χ1n) is 6.57. The third-order valence-electron chi connectivity index (χ3n) is 2.36. The van der Waals surface area contributed by atoms with Crippen LogP contribution in [-0.2, 0) is 14.1 Å². The maximum Gasteiger partial charge on any atom is 0.323 e. The van der Waals surface area contributed by atoms with Crippen molar-refractivity contribution >= 4 is 13.5 Å². The summed E-state index contributed by atoms with van der Waals surface area (Å²) in [5.74, 6) is 0.325. The Morgan fingerprint density at radius 1 is 1.25 bits per heavy atom. The number of rotatable bonds is 7. The lowest BCUT2D eigenvalue weighted by Gasteiger charge is -2.20. The second kappa shape index (κ2) is 7.46. The van der Waals surface area contributed by atoms with Gasteiger partial charge in [-0.15, -0.1) is 0 Å². The molecule has 1 aromatic rings. The van der Waals surface area contributed by atoms with Crippen molar-refractivity contribution < 1.29 is 18.6 Å². The molecule has 1 aromatic carbocycles. The quantitative estimate of drug-likeness (QED) is 0.619. The minimum atomic E-state index is -3.12. The fraction of sp³-hybridized carbons (Fsp3) is 0.500. The molecule has 0 aromatic heterocycles. The number of carbonyl (C=O) groups excluding carboxylic acids is 1. The summed E-state index contributed by atoms with van der Waals surface area (Å²) in [6.45, 7) is 7.29. The van der Waals surface area contributed by atoms with Crippen molar-refractivity contribution in [3.8, 4) is 5.75 Å². The molecule has 0 fully saturated rings. The van der Waals surface area contributed by atoms with Gasteiger partial charge in [-0.3, -0.25) is 9.36 Å². The Labute approximate surface area is 120 Å². The summed E-state index contributed by atoms with van der Waals surface area (Å²) in [5.41, 5.74) is 0. The van der Waals surface area contributed by atoms with Crippen LogP contribution in [0.2, 0.25) is 0 Å². The van der Waals surface area contributed by atoms with Gasteiger partial charge in [0, 0.05) is 6.66 Å². The molecule has 5 nitrogen and oxygen atoms in total. The van der Waals surface area contributed by atoms with Crippen molar-refractivity contribution in [1.29, 1.82) is 0 Å². The van der Waals surface area contributed by atoms with E-state index in [1.165, 1.54) is 6.66 Å². The highest BCUT2D eigenvalue weighted by atomic mass is 31.2. The Hall–Kier alpha value is -1.32. The van der Waals surface area contributed by atoms with Gasteiger partial charge in [-0.25, -0.2) is 5.09 Å². The molecule has 112 valence electrons. The van der Waals surface area contributed by atoms with E-state index < -0.39 is 19.5 Å². The van der Waals surface area contributed by atoms with Crippen molar-refractivity contribution in [2.75, 3.05) is 13.3 Å². The number of esters is 1. The predicted molar refractivity (Wildman–Crippen MR) is 79.0 cm³/mol. The summed E-state index contributed by atoms with van der Waals surface area (Å²) >= 11 is 0. The number of hydrogen-bond donors (Lipinski definition) is 1. The molecule has 6 heteroatoms. The molecule has 1 rings (SSSR count). The summed E-state index contributed by atoms with van der Waals surface area (Å²) in [4.78, 5) is 11.7. The van der Waals surface area contributed by atoms with E-state index in [1.54, 1.807) is 31.2 Å². The number of para-hydroxylation sites is 1. The lowest BCUT2D eigenvalue weighted by Crippen LogP contribution is -2.34. The van der Waals surface area contributed by atoms with E-state index in [0.29, 0.717) is 12.4 Å². The smallest absolute Gasteiger partial charge is 0.323 e. The van der Waals surface area contributed by atoms with Crippen molar-refractivity contribution in [2.45, 2.75) is 26.8 Å². The Morgan fingerprint density at radius 2 is 1.85 bits per heavy atom. The van der Waals surface area contributed by atoms with E-state index in [0.717, 1.165) is 0 Å². The van der Waals surface area contributed by atoms with Gasteiger partial charge in [0.1, 0.15) is 11.8 Å². The van der Waals surface area contributed by atoms with Crippen LogP contribution in [0.3, 0.4) is 0 Å². The standard InChI is InChI=1S/C14H22NO4P/c1-11(2)10-18-14(16)12(3)15-20(4,17)19-13-8-6-5-7-9-13/h5-9,11-12H,10H2,1-4H3,(H,15,17)/t12-,20?/m0/s1. The van der Waals surface area contributed by atoms with Gasteiger partial charge in [0.25, 0.3) is 0 Å². The van der Waals surface area contributed by atoms with Crippen LogP contribution in [0.1, 0.15) is 20.8 Å². The Bertz CT molecular complexity index is 475. The maximum atomic E-state index is 12.3. The molecule has 0 radical (unpaired) electrons. The molecule has 2 atom stereocenters. The van der Waals surface area contributed by atoms with Gasteiger partial charge in [-0.05, 0) is 25.0 Å². The minimum Gasteiger partial charge on any atom is -0.464 e. The topological polar surface area (TPSA) is 64.6 Å². The van der Waals surface area contributed by atoms with Gasteiger partial charge >= 0.3 is 13.5 Å². The van der Waals surface area contributed by atoms with Gasteiger partial charge in [-0.2, -0.15) is 0 Å². The third kappa shape index (κ3) is 6.22. The molecule has 20 heavy (non-hydrogen) atoms. The average Bonchev–Trinajstić information content (AvgIpc) is 2.35. The van der Waals surface area contributed by atoms with E-state index in [4.69, 9.17) is 9.26 Å². The van der Waals surface area contributed by atoms with Crippen LogP contribution in [0.4, 0.5) is 0 Å². The zero-order valence-electron chi connectivity index (χ0n) is 12.3. The van der Waals surface area contributed by atoms with E-state index in [9.17, 15) is 9.36 Å². The number of hydrogen-bond acceptors (Lipinski definition) is 4. The first-order valence-corrected chi connectivity index (χ1v) is 8.64. The monoisotopic (exact) mass is 299 g/mol. The molecule has 0 amide bonds. The molecule has 0 bridgehead atoms. The molecular weight excluding hydrogens is 277 g/mol. The SMILES string of the molecule is CC(C)COC(=O)[C@H](C)NP(C)(=O)Oc1ccccc1. The summed E-state index contributed by atoms with van der Waals surface area (Å²) in [6, 6.07) is 8.14. The molecule has 0 saturated heterocycles. The van der Waals surface area contributed by atoms with Crippen LogP contribution in [0.15, 0.2) is 30.3 Å². The van der Waals surface area contributed by atoms with E-state index in [2.05, 4.69) is 5.09 Å². The van der Waals surface area contributed by atoms with E-state index in [-0.39, 0.29) is 5.92 Å².